The standard InChI is InChI=1S/C18H16Cl2N2O3/c1-4-21-9(2)5-11(10(21)3)16(23)8-22-17(24)12-6-14(19)15(20)7-13(12)18(22)25/h5-7H,4,8H2,1-3H3. The van der Waals surface area contributed by atoms with Crippen molar-refractivity contribution in [3.8, 4) is 0 Å². The van der Waals surface area contributed by atoms with Crippen LogP contribution in [0.25, 0.3) is 0 Å². The van der Waals surface area contributed by atoms with E-state index in [0.717, 1.165) is 22.8 Å². The number of nitrogens with zero attached hydrogens (tertiary/aromatic N) is 2. The Bertz CT molecular complexity index is 890. The van der Waals surface area contributed by atoms with Crippen molar-refractivity contribution in [2.75, 3.05) is 6.54 Å². The molecule has 0 spiro atoms. The molecule has 0 saturated heterocycles. The van der Waals surface area contributed by atoms with Crippen LogP contribution in [0.2, 0.25) is 10.0 Å². The van der Waals surface area contributed by atoms with Crippen LogP contribution in [0, 0.1) is 13.8 Å². The van der Waals surface area contributed by atoms with Crippen molar-refractivity contribution >= 4 is 40.8 Å². The van der Waals surface area contributed by atoms with E-state index in [9.17, 15) is 14.4 Å². The van der Waals surface area contributed by atoms with Crippen LogP contribution in [0.4, 0.5) is 0 Å². The van der Waals surface area contributed by atoms with Gasteiger partial charge in [-0.1, -0.05) is 23.2 Å². The molecule has 0 N–H and O–H groups in total. The summed E-state index contributed by atoms with van der Waals surface area (Å²) in [5, 5.41) is 0.391. The fourth-order valence-electron chi connectivity index (χ4n) is 3.23. The van der Waals surface area contributed by atoms with Crippen LogP contribution in [-0.4, -0.2) is 33.6 Å². The number of fused-ring (bicyclic) bond motifs is 1. The van der Waals surface area contributed by atoms with E-state index in [1.165, 1.54) is 12.1 Å². The molecule has 7 heteroatoms. The molecule has 0 bridgehead atoms. The lowest BCUT2D eigenvalue weighted by Gasteiger charge is -2.13. The normalized spacial score (nSPS) is 13.6. The Hall–Kier alpha value is -2.11. The van der Waals surface area contributed by atoms with Crippen LogP contribution < -0.4 is 0 Å². The molecule has 130 valence electrons. The number of halogens is 2. The Labute approximate surface area is 155 Å². The molecule has 1 aromatic heterocycles. The van der Waals surface area contributed by atoms with Crippen molar-refractivity contribution in [3.63, 3.8) is 0 Å². The molecule has 1 aliphatic rings. The number of benzene rings is 1. The van der Waals surface area contributed by atoms with Crippen LogP contribution >= 0.6 is 23.2 Å². The van der Waals surface area contributed by atoms with Crippen molar-refractivity contribution in [2.45, 2.75) is 27.3 Å². The number of Topliss-reactive ketones (excluding diaryl/α,β-unsaturated/α-hetero) is 1. The van der Waals surface area contributed by atoms with Gasteiger partial charge in [-0.25, -0.2) is 0 Å². The molecule has 2 amide bonds. The highest BCUT2D eigenvalue weighted by Crippen LogP contribution is 2.31. The fraction of sp³-hybridized carbons (Fsp3) is 0.278. The van der Waals surface area contributed by atoms with Gasteiger partial charge in [0.05, 0.1) is 27.7 Å². The predicted octanol–water partition coefficient (Wildman–Crippen LogP) is 3.91. The van der Waals surface area contributed by atoms with Gasteiger partial charge in [0.1, 0.15) is 0 Å². The molecule has 0 radical (unpaired) electrons. The number of rotatable bonds is 4. The van der Waals surface area contributed by atoms with Crippen molar-refractivity contribution in [1.29, 1.82) is 0 Å². The van der Waals surface area contributed by atoms with E-state index in [4.69, 9.17) is 23.2 Å². The van der Waals surface area contributed by atoms with Gasteiger partial charge in [0.2, 0.25) is 0 Å². The topological polar surface area (TPSA) is 59.4 Å². The summed E-state index contributed by atoms with van der Waals surface area (Å²) in [5.74, 6) is -1.34. The Balaban J connectivity index is 1.91. The Morgan fingerprint density at radius 1 is 1.00 bits per heavy atom. The number of imide groups is 1. The van der Waals surface area contributed by atoms with Crippen molar-refractivity contribution in [3.05, 3.63) is 56.3 Å². The van der Waals surface area contributed by atoms with Gasteiger partial charge in [-0.15, -0.1) is 0 Å². The summed E-state index contributed by atoms with van der Waals surface area (Å²) in [5.41, 5.74) is 2.65. The number of ketones is 1. The summed E-state index contributed by atoms with van der Waals surface area (Å²) >= 11 is 11.9. The molecule has 0 saturated carbocycles. The first kappa shape index (κ1) is 17.7. The van der Waals surface area contributed by atoms with Crippen LogP contribution in [-0.2, 0) is 6.54 Å². The van der Waals surface area contributed by atoms with Gasteiger partial charge in [0, 0.05) is 23.5 Å². The van der Waals surface area contributed by atoms with Crippen LogP contribution in [0.15, 0.2) is 18.2 Å². The second-order valence-corrected chi connectivity index (χ2v) is 6.77. The average molecular weight is 379 g/mol. The minimum absolute atomic E-state index is 0.172. The maximum atomic E-state index is 12.7. The summed E-state index contributed by atoms with van der Waals surface area (Å²) in [6.07, 6.45) is 0. The second-order valence-electron chi connectivity index (χ2n) is 5.96. The van der Waals surface area contributed by atoms with E-state index in [1.54, 1.807) is 6.07 Å². The monoisotopic (exact) mass is 378 g/mol. The van der Waals surface area contributed by atoms with E-state index in [0.29, 0.717) is 5.56 Å². The highest BCUT2D eigenvalue weighted by molar-refractivity contribution is 6.43. The zero-order valence-corrected chi connectivity index (χ0v) is 15.5. The van der Waals surface area contributed by atoms with E-state index in [2.05, 4.69) is 0 Å². The molecule has 0 fully saturated rings. The first-order valence-corrected chi connectivity index (χ1v) is 8.57. The van der Waals surface area contributed by atoms with Gasteiger partial charge in [-0.2, -0.15) is 0 Å². The number of amides is 2. The number of hydrogen-bond acceptors (Lipinski definition) is 3. The molecule has 0 unspecified atom stereocenters. The minimum atomic E-state index is -0.531. The van der Waals surface area contributed by atoms with E-state index in [1.807, 2.05) is 25.3 Å². The van der Waals surface area contributed by atoms with Crippen LogP contribution in [0.3, 0.4) is 0 Å². The molecular weight excluding hydrogens is 363 g/mol. The van der Waals surface area contributed by atoms with Gasteiger partial charge in [-0.05, 0) is 39.0 Å². The highest BCUT2D eigenvalue weighted by atomic mass is 35.5. The molecule has 25 heavy (non-hydrogen) atoms. The van der Waals surface area contributed by atoms with Crippen molar-refractivity contribution in [1.82, 2.24) is 9.47 Å². The summed E-state index contributed by atoms with van der Waals surface area (Å²) in [7, 11) is 0. The molecule has 2 aromatic rings. The summed E-state index contributed by atoms with van der Waals surface area (Å²) < 4.78 is 2.01. The molecule has 3 rings (SSSR count). The second kappa shape index (κ2) is 6.32. The third-order valence-electron chi connectivity index (χ3n) is 4.50. The third kappa shape index (κ3) is 2.77. The Kier molecular flexibility index (Phi) is 4.47. The van der Waals surface area contributed by atoms with Gasteiger partial charge in [-0.3, -0.25) is 19.3 Å². The quantitative estimate of drug-likeness (QED) is 0.598. The lowest BCUT2D eigenvalue weighted by atomic mass is 10.1. The van der Waals surface area contributed by atoms with Gasteiger partial charge >= 0.3 is 0 Å². The summed E-state index contributed by atoms with van der Waals surface area (Å²) in [6, 6.07) is 4.52. The minimum Gasteiger partial charge on any atom is -0.349 e. The maximum absolute atomic E-state index is 12.7. The van der Waals surface area contributed by atoms with Crippen LogP contribution in [0.1, 0.15) is 49.4 Å². The van der Waals surface area contributed by atoms with E-state index in [-0.39, 0.29) is 33.5 Å². The van der Waals surface area contributed by atoms with Gasteiger partial charge in [0.25, 0.3) is 11.8 Å². The first-order chi connectivity index (χ1) is 11.8. The molecule has 2 heterocycles. The van der Waals surface area contributed by atoms with Crippen molar-refractivity contribution < 1.29 is 14.4 Å². The number of hydrogen-bond donors (Lipinski definition) is 0. The molecular formula is C18H16Cl2N2O3. The average Bonchev–Trinajstić information content (AvgIpc) is 2.97. The molecule has 1 aromatic carbocycles. The largest absolute Gasteiger partial charge is 0.349 e. The van der Waals surface area contributed by atoms with Gasteiger partial charge in [0.15, 0.2) is 5.78 Å². The number of aromatic nitrogens is 1. The molecule has 0 aliphatic carbocycles. The van der Waals surface area contributed by atoms with Crippen molar-refractivity contribution in [2.24, 2.45) is 0 Å². The lowest BCUT2D eigenvalue weighted by molar-refractivity contribution is 0.0624. The first-order valence-electron chi connectivity index (χ1n) is 7.81. The highest BCUT2D eigenvalue weighted by Gasteiger charge is 2.37. The van der Waals surface area contributed by atoms with E-state index >= 15 is 0 Å². The lowest BCUT2D eigenvalue weighted by Crippen LogP contribution is -2.35. The van der Waals surface area contributed by atoms with Crippen LogP contribution in [0.5, 0.6) is 0 Å². The summed E-state index contributed by atoms with van der Waals surface area (Å²) in [4.78, 5) is 38.6. The number of carbonyl (C=O) groups excluding carboxylic acids is 3. The fourth-order valence-corrected chi connectivity index (χ4v) is 3.55. The zero-order chi connectivity index (χ0) is 18.5. The molecule has 1 aliphatic heterocycles. The molecule has 0 atom stereocenters. The number of aryl methyl sites for hydroxylation is 1. The van der Waals surface area contributed by atoms with Gasteiger partial charge < -0.3 is 4.57 Å². The summed E-state index contributed by atoms with van der Waals surface area (Å²) in [6.45, 7) is 6.20. The zero-order valence-electron chi connectivity index (χ0n) is 14.0. The number of carbonyl (C=O) groups is 3. The predicted molar refractivity (Wildman–Crippen MR) is 95.7 cm³/mol. The third-order valence-corrected chi connectivity index (χ3v) is 5.23. The SMILES string of the molecule is CCn1c(C)cc(C(=O)CN2C(=O)c3cc(Cl)c(Cl)cc3C2=O)c1C. The smallest absolute Gasteiger partial charge is 0.262 e. The molecule has 5 nitrogen and oxygen atoms in total. The maximum Gasteiger partial charge on any atom is 0.262 e. The Morgan fingerprint density at radius 3 is 1.96 bits per heavy atom. The van der Waals surface area contributed by atoms with E-state index < -0.39 is 11.8 Å². The Morgan fingerprint density at radius 2 is 1.52 bits per heavy atom.